The lowest BCUT2D eigenvalue weighted by Gasteiger charge is -2.18. The van der Waals surface area contributed by atoms with Crippen molar-refractivity contribution in [3.05, 3.63) is 52.6 Å². The molecular formula is C15H16N4O5. The normalized spacial score (nSPS) is 12.0. The third-order valence-electron chi connectivity index (χ3n) is 3.44. The second-order valence-corrected chi connectivity index (χ2v) is 5.46. The number of aliphatic carboxylic acids is 1. The van der Waals surface area contributed by atoms with E-state index in [0.717, 1.165) is 6.07 Å². The van der Waals surface area contributed by atoms with Crippen molar-refractivity contribution >= 4 is 17.6 Å². The smallest absolute Gasteiger partial charge is 0.326 e. The van der Waals surface area contributed by atoms with Gasteiger partial charge in [-0.05, 0) is 18.1 Å². The molecule has 1 aromatic heterocycles. The number of benzene rings is 1. The van der Waals surface area contributed by atoms with Crippen LogP contribution < -0.4 is 5.32 Å². The highest BCUT2D eigenvalue weighted by Gasteiger charge is 2.25. The summed E-state index contributed by atoms with van der Waals surface area (Å²) in [4.78, 5) is 37.9. The lowest BCUT2D eigenvalue weighted by molar-refractivity contribution is -0.384. The molecule has 0 bridgehead atoms. The van der Waals surface area contributed by atoms with Crippen LogP contribution >= 0.6 is 0 Å². The lowest BCUT2D eigenvalue weighted by Crippen LogP contribution is -2.44. The van der Waals surface area contributed by atoms with Crippen LogP contribution in [0.2, 0.25) is 0 Å². The second kappa shape index (κ2) is 6.90. The first-order valence-corrected chi connectivity index (χ1v) is 7.11. The van der Waals surface area contributed by atoms with Gasteiger partial charge in [0.25, 0.3) is 11.6 Å². The lowest BCUT2D eigenvalue weighted by atomic mass is 10.0. The number of nitrogens with zero attached hydrogens (tertiary/aromatic N) is 3. The summed E-state index contributed by atoms with van der Waals surface area (Å²) in [6.07, 6.45) is 4.42. The van der Waals surface area contributed by atoms with Crippen LogP contribution in [0.25, 0.3) is 5.69 Å². The number of carbonyl (C=O) groups excluding carboxylic acids is 1. The zero-order valence-corrected chi connectivity index (χ0v) is 13.0. The topological polar surface area (TPSA) is 127 Å². The van der Waals surface area contributed by atoms with Gasteiger partial charge in [0.15, 0.2) is 0 Å². The van der Waals surface area contributed by atoms with Crippen LogP contribution in [-0.4, -0.2) is 37.5 Å². The zero-order valence-electron chi connectivity index (χ0n) is 13.0. The van der Waals surface area contributed by atoms with E-state index in [2.05, 4.69) is 10.3 Å². The van der Waals surface area contributed by atoms with E-state index in [4.69, 9.17) is 5.11 Å². The Morgan fingerprint density at radius 3 is 2.58 bits per heavy atom. The van der Waals surface area contributed by atoms with E-state index in [-0.39, 0.29) is 22.9 Å². The van der Waals surface area contributed by atoms with Gasteiger partial charge in [-0.15, -0.1) is 0 Å². The average molecular weight is 332 g/mol. The molecule has 1 amide bonds. The molecule has 1 aromatic carbocycles. The molecule has 0 fully saturated rings. The summed E-state index contributed by atoms with van der Waals surface area (Å²) < 4.78 is 1.45. The number of aromatic nitrogens is 2. The van der Waals surface area contributed by atoms with Crippen LogP contribution in [0.3, 0.4) is 0 Å². The van der Waals surface area contributed by atoms with E-state index < -0.39 is 22.8 Å². The molecule has 0 spiro atoms. The van der Waals surface area contributed by atoms with Crippen LogP contribution in [0.5, 0.6) is 0 Å². The van der Waals surface area contributed by atoms with E-state index in [1.54, 1.807) is 20.0 Å². The molecular weight excluding hydrogens is 316 g/mol. The van der Waals surface area contributed by atoms with Gasteiger partial charge in [0.1, 0.15) is 11.7 Å². The molecule has 2 aromatic rings. The third-order valence-corrected chi connectivity index (χ3v) is 3.44. The van der Waals surface area contributed by atoms with E-state index in [0.29, 0.717) is 0 Å². The fourth-order valence-corrected chi connectivity index (χ4v) is 2.17. The monoisotopic (exact) mass is 332 g/mol. The molecule has 0 radical (unpaired) electrons. The summed E-state index contributed by atoms with van der Waals surface area (Å²) in [7, 11) is 0. The summed E-state index contributed by atoms with van der Waals surface area (Å²) in [5, 5.41) is 22.8. The molecule has 24 heavy (non-hydrogen) atoms. The number of carboxylic acid groups (broad SMARTS) is 1. The van der Waals surface area contributed by atoms with E-state index >= 15 is 0 Å². The highest BCUT2D eigenvalue weighted by atomic mass is 16.6. The summed E-state index contributed by atoms with van der Waals surface area (Å²) in [5.41, 5.74) is -0.0118. The van der Waals surface area contributed by atoms with Crippen molar-refractivity contribution in [2.45, 2.75) is 19.9 Å². The maximum absolute atomic E-state index is 12.2. The van der Waals surface area contributed by atoms with E-state index in [1.165, 1.54) is 29.2 Å². The number of imidazole rings is 1. The molecule has 1 atom stereocenters. The molecule has 2 rings (SSSR count). The van der Waals surface area contributed by atoms with Gasteiger partial charge in [0, 0.05) is 24.0 Å². The average Bonchev–Trinajstić information content (AvgIpc) is 3.05. The van der Waals surface area contributed by atoms with Crippen LogP contribution in [0.1, 0.15) is 24.2 Å². The second-order valence-electron chi connectivity index (χ2n) is 5.46. The van der Waals surface area contributed by atoms with E-state index in [1.807, 2.05) is 0 Å². The van der Waals surface area contributed by atoms with Crippen LogP contribution in [0.15, 0.2) is 36.9 Å². The number of nitro groups is 1. The molecule has 0 aliphatic heterocycles. The Kier molecular flexibility index (Phi) is 4.93. The molecule has 2 N–H and O–H groups in total. The number of nitro benzene ring substituents is 1. The number of carboxylic acids is 1. The predicted molar refractivity (Wildman–Crippen MR) is 83.9 cm³/mol. The summed E-state index contributed by atoms with van der Waals surface area (Å²) in [6.45, 7) is 3.31. The maximum atomic E-state index is 12.2. The molecule has 9 nitrogen and oxygen atoms in total. The van der Waals surface area contributed by atoms with Gasteiger partial charge in [0.05, 0.1) is 11.3 Å². The largest absolute Gasteiger partial charge is 0.480 e. The Balaban J connectivity index is 2.35. The predicted octanol–water partition coefficient (Wildman–Crippen LogP) is 1.62. The summed E-state index contributed by atoms with van der Waals surface area (Å²) >= 11 is 0. The van der Waals surface area contributed by atoms with Crippen LogP contribution in [0.4, 0.5) is 5.69 Å². The Hall–Kier alpha value is -3.23. The number of amides is 1. The number of carbonyl (C=O) groups is 2. The minimum absolute atomic E-state index is 0.0115. The quantitative estimate of drug-likeness (QED) is 0.611. The standard InChI is InChI=1S/C15H16N4O5/c1-9(2)13(15(21)22)17-14(20)10-3-4-11(12(7-10)19(23)24)18-6-5-16-8-18/h3-9,13H,1-2H3,(H,17,20)(H,21,22)/t13-/m1/s1. The van der Waals surface area contributed by atoms with Crippen LogP contribution in [-0.2, 0) is 4.79 Å². The molecule has 0 aliphatic carbocycles. The van der Waals surface area contributed by atoms with Gasteiger partial charge in [-0.1, -0.05) is 13.8 Å². The van der Waals surface area contributed by atoms with Gasteiger partial charge < -0.3 is 15.0 Å². The summed E-state index contributed by atoms with van der Waals surface area (Å²) in [6, 6.07) is 2.85. The minimum Gasteiger partial charge on any atom is -0.480 e. The SMILES string of the molecule is CC(C)[C@@H](NC(=O)c1ccc(-n2ccnc2)c([N+](=O)[O-])c1)C(=O)O. The Morgan fingerprint density at radius 2 is 2.08 bits per heavy atom. The van der Waals surface area contributed by atoms with Crippen molar-refractivity contribution in [1.29, 1.82) is 0 Å². The number of nitrogens with one attached hydrogen (secondary N) is 1. The molecule has 1 heterocycles. The van der Waals surface area contributed by atoms with E-state index in [9.17, 15) is 19.7 Å². The number of hydrogen-bond acceptors (Lipinski definition) is 5. The van der Waals surface area contributed by atoms with Crippen molar-refractivity contribution in [2.24, 2.45) is 5.92 Å². The molecule has 9 heteroatoms. The van der Waals surface area contributed by atoms with Crippen molar-refractivity contribution in [3.8, 4) is 5.69 Å². The first-order chi connectivity index (χ1) is 11.3. The Labute approximate surface area is 137 Å². The van der Waals surface area contributed by atoms with Crippen LogP contribution in [0, 0.1) is 16.0 Å². The van der Waals surface area contributed by atoms with Crippen molar-refractivity contribution in [3.63, 3.8) is 0 Å². The first kappa shape index (κ1) is 17.1. The summed E-state index contributed by atoms with van der Waals surface area (Å²) in [5.74, 6) is -2.18. The fourth-order valence-electron chi connectivity index (χ4n) is 2.17. The fraction of sp³-hybridized carbons (Fsp3) is 0.267. The maximum Gasteiger partial charge on any atom is 0.326 e. The minimum atomic E-state index is -1.16. The first-order valence-electron chi connectivity index (χ1n) is 7.11. The van der Waals surface area contributed by atoms with Gasteiger partial charge in [-0.25, -0.2) is 9.78 Å². The highest BCUT2D eigenvalue weighted by molar-refractivity contribution is 5.97. The number of hydrogen-bond donors (Lipinski definition) is 2. The molecule has 126 valence electrons. The third kappa shape index (κ3) is 3.57. The van der Waals surface area contributed by atoms with Gasteiger partial charge in [-0.3, -0.25) is 14.9 Å². The molecule has 0 saturated heterocycles. The van der Waals surface area contributed by atoms with Gasteiger partial charge in [0.2, 0.25) is 0 Å². The van der Waals surface area contributed by atoms with Crippen molar-refractivity contribution in [2.75, 3.05) is 0 Å². The highest BCUT2D eigenvalue weighted by Crippen LogP contribution is 2.24. The van der Waals surface area contributed by atoms with Crippen molar-refractivity contribution < 1.29 is 19.6 Å². The molecule has 0 unspecified atom stereocenters. The number of rotatable bonds is 6. The van der Waals surface area contributed by atoms with Gasteiger partial charge in [-0.2, -0.15) is 0 Å². The van der Waals surface area contributed by atoms with Crippen molar-refractivity contribution in [1.82, 2.24) is 14.9 Å². The zero-order chi connectivity index (χ0) is 17.9. The molecule has 0 aliphatic rings. The Bertz CT molecular complexity index is 770. The Morgan fingerprint density at radius 1 is 1.38 bits per heavy atom. The van der Waals surface area contributed by atoms with Gasteiger partial charge >= 0.3 is 5.97 Å². The molecule has 0 saturated carbocycles.